The number of amides is 3. The quantitative estimate of drug-likeness (QED) is 0.557. The van der Waals surface area contributed by atoms with Gasteiger partial charge in [0, 0.05) is 13.1 Å². The fourth-order valence-corrected chi connectivity index (χ4v) is 3.99. The van der Waals surface area contributed by atoms with Crippen molar-refractivity contribution in [2.45, 2.75) is 77.5 Å². The van der Waals surface area contributed by atoms with Gasteiger partial charge in [0.1, 0.15) is 17.7 Å². The first-order valence-corrected chi connectivity index (χ1v) is 11.6. The smallest absolute Gasteiger partial charge is 0.410 e. The SMILES string of the molecule is CC(C)[C@@H](NC(=O)[C@H](C)NC(=O)C1(c2ccccc2)CCN(C(=O)OC(C)(C)C)CC1)C(=O)O. The van der Waals surface area contributed by atoms with Crippen LogP contribution in [0, 0.1) is 5.92 Å². The van der Waals surface area contributed by atoms with Gasteiger partial charge < -0.3 is 25.4 Å². The van der Waals surface area contributed by atoms with Gasteiger partial charge in [-0.25, -0.2) is 9.59 Å². The minimum absolute atomic E-state index is 0.308. The molecule has 1 fully saturated rings. The highest BCUT2D eigenvalue weighted by Gasteiger charge is 2.45. The first-order valence-electron chi connectivity index (χ1n) is 11.6. The summed E-state index contributed by atoms with van der Waals surface area (Å²) in [6, 6.07) is 7.31. The summed E-state index contributed by atoms with van der Waals surface area (Å²) in [6.45, 7) is 11.0. The third-order valence-corrected chi connectivity index (χ3v) is 6.00. The Morgan fingerprint density at radius 2 is 1.56 bits per heavy atom. The van der Waals surface area contributed by atoms with Gasteiger partial charge in [-0.2, -0.15) is 0 Å². The van der Waals surface area contributed by atoms with Crippen LogP contribution in [-0.4, -0.2) is 64.7 Å². The molecule has 2 rings (SSSR count). The van der Waals surface area contributed by atoms with Gasteiger partial charge >= 0.3 is 12.1 Å². The number of carbonyl (C=O) groups is 4. The molecule has 9 heteroatoms. The molecule has 0 bridgehead atoms. The molecule has 3 N–H and O–H groups in total. The Bertz CT molecular complexity index is 886. The summed E-state index contributed by atoms with van der Waals surface area (Å²) >= 11 is 0. The Balaban J connectivity index is 2.18. The van der Waals surface area contributed by atoms with Gasteiger partial charge in [0.25, 0.3) is 0 Å². The second kappa shape index (κ2) is 10.9. The number of likely N-dealkylation sites (tertiary alicyclic amines) is 1. The Kier molecular flexibility index (Phi) is 8.69. The van der Waals surface area contributed by atoms with Crippen LogP contribution in [0.15, 0.2) is 30.3 Å². The highest BCUT2D eigenvalue weighted by Crippen LogP contribution is 2.36. The molecule has 0 unspecified atom stereocenters. The van der Waals surface area contributed by atoms with E-state index in [-0.39, 0.29) is 11.8 Å². The lowest BCUT2D eigenvalue weighted by Crippen LogP contribution is -2.58. The number of carbonyl (C=O) groups excluding carboxylic acids is 3. The molecular weight excluding hydrogens is 438 g/mol. The van der Waals surface area contributed by atoms with Crippen molar-refractivity contribution in [2.24, 2.45) is 5.92 Å². The van der Waals surface area contributed by atoms with Crippen LogP contribution in [0.25, 0.3) is 0 Å². The van der Waals surface area contributed by atoms with Crippen molar-refractivity contribution in [1.82, 2.24) is 15.5 Å². The first-order chi connectivity index (χ1) is 15.8. The Hall–Kier alpha value is -3.10. The maximum atomic E-state index is 13.6. The number of piperidine rings is 1. The van der Waals surface area contributed by atoms with E-state index in [0.29, 0.717) is 25.9 Å². The van der Waals surface area contributed by atoms with Crippen molar-refractivity contribution >= 4 is 23.9 Å². The van der Waals surface area contributed by atoms with E-state index in [4.69, 9.17) is 4.74 Å². The van der Waals surface area contributed by atoms with E-state index in [9.17, 15) is 24.3 Å². The molecule has 0 radical (unpaired) electrons. The first kappa shape index (κ1) is 27.1. The zero-order chi connectivity index (χ0) is 25.7. The molecule has 2 atom stereocenters. The van der Waals surface area contributed by atoms with Gasteiger partial charge in [-0.05, 0) is 52.0 Å². The summed E-state index contributed by atoms with van der Waals surface area (Å²) in [4.78, 5) is 51.7. The average Bonchev–Trinajstić information content (AvgIpc) is 2.76. The molecule has 0 spiro atoms. The van der Waals surface area contributed by atoms with Crippen molar-refractivity contribution in [3.63, 3.8) is 0 Å². The summed E-state index contributed by atoms with van der Waals surface area (Å²) in [5.41, 5.74) is -0.748. The zero-order valence-corrected chi connectivity index (χ0v) is 20.9. The molecule has 0 saturated carbocycles. The van der Waals surface area contributed by atoms with Crippen LogP contribution in [0.1, 0.15) is 59.9 Å². The summed E-state index contributed by atoms with van der Waals surface area (Å²) < 4.78 is 5.47. The number of benzene rings is 1. The van der Waals surface area contributed by atoms with E-state index in [0.717, 1.165) is 5.56 Å². The van der Waals surface area contributed by atoms with Crippen molar-refractivity contribution in [3.8, 4) is 0 Å². The number of hydrogen-bond donors (Lipinski definition) is 3. The van der Waals surface area contributed by atoms with Gasteiger partial charge in [0.15, 0.2) is 0 Å². The molecule has 1 aromatic rings. The normalized spacial score (nSPS) is 17.4. The largest absolute Gasteiger partial charge is 0.480 e. The van der Waals surface area contributed by atoms with Crippen LogP contribution in [0.2, 0.25) is 0 Å². The topological polar surface area (TPSA) is 125 Å². The summed E-state index contributed by atoms with van der Waals surface area (Å²) in [7, 11) is 0. The maximum Gasteiger partial charge on any atom is 0.410 e. The second-order valence-electron chi connectivity index (χ2n) is 10.2. The molecule has 0 aliphatic carbocycles. The number of nitrogens with one attached hydrogen (secondary N) is 2. The Morgan fingerprint density at radius 3 is 2.03 bits per heavy atom. The third-order valence-electron chi connectivity index (χ3n) is 6.00. The Labute approximate surface area is 201 Å². The molecular formula is C25H37N3O6. The fraction of sp³-hybridized carbons (Fsp3) is 0.600. The van der Waals surface area contributed by atoms with Crippen LogP contribution in [-0.2, 0) is 24.5 Å². The number of aliphatic carboxylic acids is 1. The zero-order valence-electron chi connectivity index (χ0n) is 20.9. The van der Waals surface area contributed by atoms with Crippen molar-refractivity contribution < 1.29 is 29.0 Å². The number of nitrogens with zero attached hydrogens (tertiary/aromatic N) is 1. The van der Waals surface area contributed by atoms with E-state index in [1.165, 1.54) is 6.92 Å². The standard InChI is InChI=1S/C25H37N3O6/c1-16(2)19(21(30)31)27-20(29)17(3)26-22(32)25(18-10-8-7-9-11-18)12-14-28(15-13-25)23(33)34-24(4,5)6/h7-11,16-17,19H,12-15H2,1-6H3,(H,26,32)(H,27,29)(H,30,31)/t17-,19+/m0/s1. The lowest BCUT2D eigenvalue weighted by molar-refractivity contribution is -0.143. The predicted octanol–water partition coefficient (Wildman–Crippen LogP) is 2.69. The molecule has 1 heterocycles. The van der Waals surface area contributed by atoms with E-state index in [1.807, 2.05) is 30.3 Å². The van der Waals surface area contributed by atoms with Crippen molar-refractivity contribution in [1.29, 1.82) is 0 Å². The molecule has 1 aromatic carbocycles. The molecule has 34 heavy (non-hydrogen) atoms. The highest BCUT2D eigenvalue weighted by atomic mass is 16.6. The molecule has 188 valence electrons. The molecule has 1 saturated heterocycles. The van der Waals surface area contributed by atoms with E-state index >= 15 is 0 Å². The molecule has 0 aromatic heterocycles. The van der Waals surface area contributed by atoms with Gasteiger partial charge in [-0.15, -0.1) is 0 Å². The third kappa shape index (κ3) is 6.71. The lowest BCUT2D eigenvalue weighted by Gasteiger charge is -2.41. The number of ether oxygens (including phenoxy) is 1. The monoisotopic (exact) mass is 475 g/mol. The minimum Gasteiger partial charge on any atom is -0.480 e. The summed E-state index contributed by atoms with van der Waals surface area (Å²) in [5, 5.41) is 14.6. The van der Waals surface area contributed by atoms with Crippen LogP contribution in [0.3, 0.4) is 0 Å². The molecule has 3 amide bonds. The number of hydrogen-bond acceptors (Lipinski definition) is 5. The average molecular weight is 476 g/mol. The van der Waals surface area contributed by atoms with Gasteiger partial charge in [-0.1, -0.05) is 44.2 Å². The van der Waals surface area contributed by atoms with Crippen molar-refractivity contribution in [2.75, 3.05) is 13.1 Å². The van der Waals surface area contributed by atoms with Crippen LogP contribution >= 0.6 is 0 Å². The predicted molar refractivity (Wildman–Crippen MR) is 127 cm³/mol. The number of rotatable bonds is 7. The highest BCUT2D eigenvalue weighted by molar-refractivity contribution is 5.94. The van der Waals surface area contributed by atoms with E-state index in [2.05, 4.69) is 10.6 Å². The second-order valence-corrected chi connectivity index (χ2v) is 10.2. The van der Waals surface area contributed by atoms with E-state index in [1.54, 1.807) is 39.5 Å². The fourth-order valence-electron chi connectivity index (χ4n) is 3.99. The molecule has 9 nitrogen and oxygen atoms in total. The summed E-state index contributed by atoms with van der Waals surface area (Å²) in [6.07, 6.45) is 0.302. The van der Waals surface area contributed by atoms with Crippen LogP contribution in [0.5, 0.6) is 0 Å². The number of carboxylic acid groups (broad SMARTS) is 1. The summed E-state index contributed by atoms with van der Waals surface area (Å²) in [5.74, 6) is -2.33. The maximum absolute atomic E-state index is 13.6. The van der Waals surface area contributed by atoms with Crippen molar-refractivity contribution in [3.05, 3.63) is 35.9 Å². The van der Waals surface area contributed by atoms with E-state index < -0.39 is 41.1 Å². The molecule has 1 aliphatic rings. The lowest BCUT2D eigenvalue weighted by atomic mass is 9.72. The minimum atomic E-state index is -1.13. The van der Waals surface area contributed by atoms with Crippen LogP contribution < -0.4 is 10.6 Å². The number of carboxylic acids is 1. The van der Waals surface area contributed by atoms with Gasteiger partial charge in [0.2, 0.25) is 11.8 Å². The van der Waals surface area contributed by atoms with Crippen LogP contribution in [0.4, 0.5) is 4.79 Å². The Morgan fingerprint density at radius 1 is 1.00 bits per heavy atom. The molecule has 1 aliphatic heterocycles. The van der Waals surface area contributed by atoms with Gasteiger partial charge in [0.05, 0.1) is 5.41 Å². The van der Waals surface area contributed by atoms with Gasteiger partial charge in [-0.3, -0.25) is 9.59 Å².